The Hall–Kier alpha value is -1.17. The van der Waals surface area contributed by atoms with Crippen LogP contribution in [-0.4, -0.2) is 17.8 Å². The number of fused-ring (bicyclic) bond motifs is 1. The van der Waals surface area contributed by atoms with Crippen molar-refractivity contribution < 1.29 is 9.47 Å². The van der Waals surface area contributed by atoms with Crippen molar-refractivity contribution in [2.45, 2.75) is 6.10 Å². The molecule has 4 nitrogen and oxygen atoms in total. The van der Waals surface area contributed by atoms with Gasteiger partial charge in [-0.2, -0.15) is 0 Å². The molecule has 0 saturated carbocycles. The summed E-state index contributed by atoms with van der Waals surface area (Å²) in [5, 5.41) is 0.739. The smallest absolute Gasteiger partial charge is 0.265 e. The summed E-state index contributed by atoms with van der Waals surface area (Å²) in [6, 6.07) is 5.74. The third-order valence-corrected chi connectivity index (χ3v) is 3.34. The molecule has 1 N–H and O–H groups in total. The van der Waals surface area contributed by atoms with Crippen molar-refractivity contribution in [2.24, 2.45) is 0 Å². The summed E-state index contributed by atoms with van der Waals surface area (Å²) in [5.41, 5.74) is 1.04. The molecule has 0 bridgehead atoms. The van der Waals surface area contributed by atoms with Crippen LogP contribution >= 0.6 is 11.5 Å². The lowest BCUT2D eigenvalue weighted by Crippen LogP contribution is -2.00. The van der Waals surface area contributed by atoms with E-state index in [9.17, 15) is 4.79 Å². The summed E-state index contributed by atoms with van der Waals surface area (Å²) in [7, 11) is 0. The van der Waals surface area contributed by atoms with Crippen molar-refractivity contribution >= 4 is 21.6 Å². The van der Waals surface area contributed by atoms with E-state index in [-0.39, 0.29) is 11.7 Å². The first kappa shape index (κ1) is 9.08. The topological polar surface area (TPSA) is 51.3 Å². The number of aromatic amines is 1. The molecule has 1 aliphatic rings. The van der Waals surface area contributed by atoms with Gasteiger partial charge in [-0.1, -0.05) is 17.6 Å². The molecule has 15 heavy (non-hydrogen) atoms. The minimum Gasteiger partial charge on any atom is -0.352 e. The normalized spacial score (nSPS) is 21.2. The van der Waals surface area contributed by atoms with Crippen LogP contribution in [-0.2, 0) is 9.47 Å². The van der Waals surface area contributed by atoms with Crippen molar-refractivity contribution in [3.05, 3.63) is 34.1 Å². The fourth-order valence-electron chi connectivity index (χ4n) is 1.69. The average molecular weight is 223 g/mol. The van der Waals surface area contributed by atoms with Crippen LogP contribution in [0.25, 0.3) is 10.1 Å². The van der Waals surface area contributed by atoms with E-state index in [4.69, 9.17) is 9.47 Å². The molecule has 0 amide bonds. The highest BCUT2D eigenvalue weighted by atomic mass is 32.1. The number of nitrogens with one attached hydrogen (secondary N) is 1. The van der Waals surface area contributed by atoms with Crippen LogP contribution in [0.15, 0.2) is 23.0 Å². The first-order valence-electron chi connectivity index (χ1n) is 4.65. The zero-order valence-electron chi connectivity index (χ0n) is 7.86. The molecule has 0 aliphatic carbocycles. The number of ether oxygens (including phenoxy) is 2. The molecule has 1 unspecified atom stereocenters. The Morgan fingerprint density at radius 1 is 1.47 bits per heavy atom. The molecule has 1 fully saturated rings. The third-order valence-electron chi connectivity index (χ3n) is 2.50. The zero-order chi connectivity index (χ0) is 10.3. The van der Waals surface area contributed by atoms with Gasteiger partial charge in [0.2, 0.25) is 0 Å². The molecule has 5 heteroatoms. The Bertz CT molecular complexity index is 539. The summed E-state index contributed by atoms with van der Waals surface area (Å²) in [6.07, 6.45) is 0.00611. The van der Waals surface area contributed by atoms with Crippen molar-refractivity contribution in [3.63, 3.8) is 0 Å². The van der Waals surface area contributed by atoms with Crippen molar-refractivity contribution in [2.75, 3.05) is 13.4 Å². The predicted octanol–water partition coefficient (Wildman–Crippen LogP) is 1.64. The molecular formula is C10H9NO3S. The number of H-pyrrole nitrogens is 1. The summed E-state index contributed by atoms with van der Waals surface area (Å²) in [5.74, 6) is 0. The zero-order valence-corrected chi connectivity index (χ0v) is 8.67. The molecule has 1 atom stereocenters. The van der Waals surface area contributed by atoms with Crippen molar-refractivity contribution in [1.29, 1.82) is 0 Å². The van der Waals surface area contributed by atoms with E-state index in [1.54, 1.807) is 0 Å². The minimum atomic E-state index is -0.0230. The first-order chi connectivity index (χ1) is 7.34. The standard InChI is InChI=1S/C10H9NO3S/c12-10-7-2-1-6(3-9(7)15-11-10)8-4-13-5-14-8/h1-3,8H,4-5H2,(H,11,12). The number of aromatic nitrogens is 1. The number of benzene rings is 1. The van der Waals surface area contributed by atoms with Gasteiger partial charge in [-0.3, -0.25) is 9.17 Å². The molecule has 78 valence electrons. The molecule has 2 heterocycles. The Balaban J connectivity index is 2.09. The van der Waals surface area contributed by atoms with Crippen LogP contribution in [0.1, 0.15) is 11.7 Å². The summed E-state index contributed by atoms with van der Waals surface area (Å²) >= 11 is 1.35. The lowest BCUT2D eigenvalue weighted by molar-refractivity contribution is 0.0466. The van der Waals surface area contributed by atoms with Gasteiger partial charge in [-0.25, -0.2) is 0 Å². The van der Waals surface area contributed by atoms with Crippen LogP contribution in [0.5, 0.6) is 0 Å². The summed E-state index contributed by atoms with van der Waals surface area (Å²) in [4.78, 5) is 11.3. The maximum atomic E-state index is 11.3. The van der Waals surface area contributed by atoms with E-state index < -0.39 is 0 Å². The fourth-order valence-corrected chi connectivity index (χ4v) is 2.47. The molecule has 1 aliphatic heterocycles. The van der Waals surface area contributed by atoms with Crippen LogP contribution in [0, 0.1) is 0 Å². The fraction of sp³-hybridized carbons (Fsp3) is 0.300. The highest BCUT2D eigenvalue weighted by molar-refractivity contribution is 7.13. The lowest BCUT2D eigenvalue weighted by Gasteiger charge is -2.06. The third kappa shape index (κ3) is 1.49. The Morgan fingerprint density at radius 3 is 3.20 bits per heavy atom. The maximum Gasteiger partial charge on any atom is 0.265 e. The van der Waals surface area contributed by atoms with E-state index in [1.165, 1.54) is 11.5 Å². The summed E-state index contributed by atoms with van der Waals surface area (Å²) < 4.78 is 14.2. The predicted molar refractivity (Wildman–Crippen MR) is 57.1 cm³/mol. The highest BCUT2D eigenvalue weighted by Crippen LogP contribution is 2.26. The van der Waals surface area contributed by atoms with E-state index in [0.29, 0.717) is 13.4 Å². The Kier molecular flexibility index (Phi) is 2.09. The molecule has 0 radical (unpaired) electrons. The van der Waals surface area contributed by atoms with Crippen LogP contribution in [0.4, 0.5) is 0 Å². The van der Waals surface area contributed by atoms with E-state index in [0.717, 1.165) is 15.6 Å². The Labute approximate surface area is 89.6 Å². The quantitative estimate of drug-likeness (QED) is 0.799. The van der Waals surface area contributed by atoms with E-state index in [2.05, 4.69) is 4.37 Å². The largest absolute Gasteiger partial charge is 0.352 e. The van der Waals surface area contributed by atoms with Crippen molar-refractivity contribution in [1.82, 2.24) is 4.37 Å². The van der Waals surface area contributed by atoms with Gasteiger partial charge in [0.15, 0.2) is 0 Å². The van der Waals surface area contributed by atoms with Crippen LogP contribution in [0.3, 0.4) is 0 Å². The monoisotopic (exact) mass is 223 g/mol. The molecular weight excluding hydrogens is 214 g/mol. The SMILES string of the molecule is O=c1[nH]sc2cc(C3COCO3)ccc12. The molecule has 2 aromatic rings. The molecule has 1 aromatic carbocycles. The van der Waals surface area contributed by atoms with E-state index in [1.807, 2.05) is 18.2 Å². The maximum absolute atomic E-state index is 11.3. The van der Waals surface area contributed by atoms with Crippen molar-refractivity contribution in [3.8, 4) is 0 Å². The second kappa shape index (κ2) is 3.44. The van der Waals surface area contributed by atoms with E-state index >= 15 is 0 Å². The molecule has 1 aromatic heterocycles. The van der Waals surface area contributed by atoms with Gasteiger partial charge in [0.25, 0.3) is 5.56 Å². The number of hydrogen-bond acceptors (Lipinski definition) is 4. The van der Waals surface area contributed by atoms with Gasteiger partial charge < -0.3 is 9.47 Å². The minimum absolute atomic E-state index is 0.00611. The lowest BCUT2D eigenvalue weighted by atomic mass is 10.1. The van der Waals surface area contributed by atoms with Gasteiger partial charge in [0, 0.05) is 0 Å². The summed E-state index contributed by atoms with van der Waals surface area (Å²) in [6.45, 7) is 0.941. The Morgan fingerprint density at radius 2 is 2.40 bits per heavy atom. The average Bonchev–Trinajstić information content (AvgIpc) is 2.88. The molecule has 1 saturated heterocycles. The number of rotatable bonds is 1. The van der Waals surface area contributed by atoms with Crippen LogP contribution < -0.4 is 5.56 Å². The van der Waals surface area contributed by atoms with Gasteiger partial charge in [0.1, 0.15) is 12.9 Å². The van der Waals surface area contributed by atoms with Crippen LogP contribution in [0.2, 0.25) is 0 Å². The van der Waals surface area contributed by atoms with Gasteiger partial charge in [-0.15, -0.1) is 0 Å². The highest BCUT2D eigenvalue weighted by Gasteiger charge is 2.18. The van der Waals surface area contributed by atoms with Gasteiger partial charge in [0.05, 0.1) is 16.7 Å². The van der Waals surface area contributed by atoms with Gasteiger partial charge >= 0.3 is 0 Å². The molecule has 0 spiro atoms. The second-order valence-corrected chi connectivity index (χ2v) is 4.28. The second-order valence-electron chi connectivity index (χ2n) is 3.43. The number of hydrogen-bond donors (Lipinski definition) is 1. The first-order valence-corrected chi connectivity index (χ1v) is 5.47. The molecule has 3 rings (SSSR count). The van der Waals surface area contributed by atoms with Gasteiger partial charge in [-0.05, 0) is 17.7 Å².